The molecule has 138 valence electrons. The lowest BCUT2D eigenvalue weighted by Gasteiger charge is -2.10. The van der Waals surface area contributed by atoms with Crippen molar-refractivity contribution in [3.8, 4) is 5.75 Å². The number of aryl methyl sites for hydroxylation is 1. The Labute approximate surface area is 158 Å². The molecule has 0 aliphatic carbocycles. The van der Waals surface area contributed by atoms with Crippen molar-refractivity contribution < 1.29 is 19.1 Å². The Morgan fingerprint density at radius 3 is 2.69 bits per heavy atom. The van der Waals surface area contributed by atoms with Gasteiger partial charge >= 0.3 is 0 Å². The topological polar surface area (TPSA) is 81.0 Å². The number of ether oxygens (including phenoxy) is 1. The minimum atomic E-state index is -0.495. The largest absolute Gasteiger partial charge is 0.497 e. The molecule has 1 aromatic heterocycles. The molecule has 2 heterocycles. The van der Waals surface area contributed by atoms with Gasteiger partial charge in [-0.3, -0.25) is 19.3 Å². The average Bonchev–Trinajstić information content (AvgIpc) is 3.13. The highest BCUT2D eigenvalue weighted by Crippen LogP contribution is 2.23. The van der Waals surface area contributed by atoms with E-state index >= 15 is 0 Å². The molecule has 2 aromatic rings. The lowest BCUT2D eigenvalue weighted by Crippen LogP contribution is -2.34. The molecule has 0 bridgehead atoms. The van der Waals surface area contributed by atoms with Crippen LogP contribution < -0.4 is 9.54 Å². The van der Waals surface area contributed by atoms with Gasteiger partial charge in [0.1, 0.15) is 12.3 Å². The second-order valence-electron chi connectivity index (χ2n) is 5.74. The predicted octanol–water partition coefficient (Wildman–Crippen LogP) is 1.65. The second kappa shape index (κ2) is 8.05. The summed E-state index contributed by atoms with van der Waals surface area (Å²) < 4.78 is 8.21. The molecular weight excluding hydrogens is 374 g/mol. The third-order valence-electron chi connectivity index (χ3n) is 4.08. The lowest BCUT2D eigenvalue weighted by atomic mass is 10.3. The Bertz CT molecular complexity index is 916. The van der Waals surface area contributed by atoms with E-state index in [4.69, 9.17) is 4.74 Å². The van der Waals surface area contributed by atoms with E-state index in [0.717, 1.165) is 26.6 Å². The fraction of sp³-hybridized carbons (Fsp3) is 0.412. The Hall–Kier alpha value is -2.13. The summed E-state index contributed by atoms with van der Waals surface area (Å²) in [6.07, 6.45) is 2.36. The molecule has 1 aromatic carbocycles. The highest BCUT2D eigenvalue weighted by Gasteiger charge is 2.30. The fourth-order valence-electron chi connectivity index (χ4n) is 2.74. The molecule has 3 amide bonds. The van der Waals surface area contributed by atoms with E-state index in [1.165, 1.54) is 11.3 Å². The molecule has 9 heteroatoms. The van der Waals surface area contributed by atoms with Crippen molar-refractivity contribution >= 4 is 51.0 Å². The van der Waals surface area contributed by atoms with E-state index in [1.807, 2.05) is 29.0 Å². The molecule has 0 spiro atoms. The van der Waals surface area contributed by atoms with Gasteiger partial charge < -0.3 is 9.30 Å². The minimum absolute atomic E-state index is 0.169. The molecular formula is C17H19N3O4S2. The number of methoxy groups -OCH3 is 1. The van der Waals surface area contributed by atoms with Crippen molar-refractivity contribution in [2.24, 2.45) is 4.99 Å². The second-order valence-corrected chi connectivity index (χ2v) is 7.74. The first-order valence-electron chi connectivity index (χ1n) is 8.10. The highest BCUT2D eigenvalue weighted by molar-refractivity contribution is 7.98. The zero-order valence-electron chi connectivity index (χ0n) is 14.6. The average molecular weight is 393 g/mol. The Morgan fingerprint density at radius 2 is 2.04 bits per heavy atom. The number of rotatable bonds is 6. The van der Waals surface area contributed by atoms with Gasteiger partial charge in [0.2, 0.25) is 11.8 Å². The first kappa shape index (κ1) is 18.7. The number of nitrogens with zero attached hydrogens (tertiary/aromatic N) is 3. The maximum Gasteiger partial charge on any atom is 0.268 e. The van der Waals surface area contributed by atoms with Crippen LogP contribution in [0.5, 0.6) is 5.75 Å². The van der Waals surface area contributed by atoms with E-state index < -0.39 is 5.91 Å². The summed E-state index contributed by atoms with van der Waals surface area (Å²) in [5, 5.41) is 0. The summed E-state index contributed by atoms with van der Waals surface area (Å²) in [5.41, 5.74) is 0.977. The fourth-order valence-corrected chi connectivity index (χ4v) is 4.21. The number of thioether (sulfide) groups is 1. The van der Waals surface area contributed by atoms with Crippen LogP contribution in [-0.2, 0) is 20.9 Å². The van der Waals surface area contributed by atoms with Gasteiger partial charge in [-0.25, -0.2) is 0 Å². The van der Waals surface area contributed by atoms with Crippen molar-refractivity contribution in [3.05, 3.63) is 23.0 Å². The third kappa shape index (κ3) is 3.83. The Morgan fingerprint density at radius 1 is 1.31 bits per heavy atom. The number of hydrogen-bond donors (Lipinski definition) is 0. The molecule has 1 aliphatic rings. The molecule has 0 unspecified atom stereocenters. The van der Waals surface area contributed by atoms with Crippen molar-refractivity contribution in [1.82, 2.24) is 9.47 Å². The van der Waals surface area contributed by atoms with Crippen LogP contribution in [0.2, 0.25) is 0 Å². The number of benzene rings is 1. The Kier molecular flexibility index (Phi) is 5.77. The van der Waals surface area contributed by atoms with Crippen molar-refractivity contribution in [2.45, 2.75) is 19.4 Å². The number of carbonyl (C=O) groups is 3. The smallest absolute Gasteiger partial charge is 0.268 e. The van der Waals surface area contributed by atoms with Crippen LogP contribution >= 0.6 is 23.1 Å². The molecule has 3 rings (SSSR count). The van der Waals surface area contributed by atoms with E-state index in [-0.39, 0.29) is 31.2 Å². The van der Waals surface area contributed by atoms with Gasteiger partial charge in [-0.2, -0.15) is 16.8 Å². The number of imide groups is 1. The minimum Gasteiger partial charge on any atom is -0.497 e. The van der Waals surface area contributed by atoms with Gasteiger partial charge in [0.25, 0.3) is 5.91 Å². The molecule has 1 fully saturated rings. The van der Waals surface area contributed by atoms with Gasteiger partial charge in [-0.1, -0.05) is 11.3 Å². The van der Waals surface area contributed by atoms with Gasteiger partial charge in [0, 0.05) is 25.1 Å². The summed E-state index contributed by atoms with van der Waals surface area (Å²) in [4.78, 5) is 41.4. The monoisotopic (exact) mass is 393 g/mol. The summed E-state index contributed by atoms with van der Waals surface area (Å²) in [5.74, 6) is 0.499. The third-order valence-corrected chi connectivity index (χ3v) is 5.71. The predicted molar refractivity (Wildman–Crippen MR) is 101 cm³/mol. The van der Waals surface area contributed by atoms with E-state index in [0.29, 0.717) is 11.3 Å². The van der Waals surface area contributed by atoms with Crippen molar-refractivity contribution in [2.75, 3.05) is 25.7 Å². The van der Waals surface area contributed by atoms with Crippen LogP contribution in [0.25, 0.3) is 10.2 Å². The van der Waals surface area contributed by atoms with E-state index in [1.54, 1.807) is 18.9 Å². The normalized spacial score (nSPS) is 15.3. The first-order chi connectivity index (χ1) is 12.5. The summed E-state index contributed by atoms with van der Waals surface area (Å²) in [7, 11) is 1.61. The SMILES string of the molecule is COc1ccc2c(c1)sc(=NC(=O)CN1C(=O)CCC1=O)n2CCSC. The molecule has 0 radical (unpaired) electrons. The standard InChI is InChI=1S/C17H19N3O4S2/c1-24-11-3-4-12-13(9-11)26-17(19(12)7-8-25-2)18-14(21)10-20-15(22)5-6-16(20)23/h3-4,9H,5-8,10H2,1-2H3. The van der Waals surface area contributed by atoms with Gasteiger partial charge in [-0.05, 0) is 24.5 Å². The number of aromatic nitrogens is 1. The number of amides is 3. The summed E-state index contributed by atoms with van der Waals surface area (Å²) in [6, 6.07) is 5.73. The van der Waals surface area contributed by atoms with Crippen LogP contribution in [0, 0.1) is 0 Å². The Balaban J connectivity index is 1.96. The molecule has 7 nitrogen and oxygen atoms in total. The molecule has 1 aliphatic heterocycles. The van der Waals surface area contributed by atoms with Gasteiger partial charge in [-0.15, -0.1) is 0 Å². The first-order valence-corrected chi connectivity index (χ1v) is 10.3. The van der Waals surface area contributed by atoms with E-state index in [2.05, 4.69) is 4.99 Å². The zero-order valence-corrected chi connectivity index (χ0v) is 16.2. The number of hydrogen-bond acceptors (Lipinski definition) is 6. The number of fused-ring (bicyclic) bond motifs is 1. The number of carbonyl (C=O) groups excluding carboxylic acids is 3. The zero-order chi connectivity index (χ0) is 18.7. The van der Waals surface area contributed by atoms with Crippen molar-refractivity contribution in [3.63, 3.8) is 0 Å². The van der Waals surface area contributed by atoms with Crippen LogP contribution in [0.1, 0.15) is 12.8 Å². The van der Waals surface area contributed by atoms with Crippen LogP contribution in [0.3, 0.4) is 0 Å². The number of thiazole rings is 1. The number of likely N-dealkylation sites (tertiary alicyclic amines) is 1. The quantitative estimate of drug-likeness (QED) is 0.697. The van der Waals surface area contributed by atoms with Crippen LogP contribution in [-0.4, -0.2) is 52.9 Å². The van der Waals surface area contributed by atoms with Crippen LogP contribution in [0.15, 0.2) is 23.2 Å². The molecule has 0 atom stereocenters. The van der Waals surface area contributed by atoms with Gasteiger partial charge in [0.15, 0.2) is 4.80 Å². The van der Waals surface area contributed by atoms with Crippen LogP contribution in [0.4, 0.5) is 0 Å². The molecule has 26 heavy (non-hydrogen) atoms. The maximum atomic E-state index is 12.3. The summed E-state index contributed by atoms with van der Waals surface area (Å²) >= 11 is 3.09. The molecule has 1 saturated heterocycles. The van der Waals surface area contributed by atoms with Crippen molar-refractivity contribution in [1.29, 1.82) is 0 Å². The van der Waals surface area contributed by atoms with Gasteiger partial charge in [0.05, 0.1) is 17.3 Å². The highest BCUT2D eigenvalue weighted by atomic mass is 32.2. The molecule has 0 N–H and O–H groups in total. The molecule has 0 saturated carbocycles. The summed E-state index contributed by atoms with van der Waals surface area (Å²) in [6.45, 7) is 0.416. The lowest BCUT2D eigenvalue weighted by molar-refractivity contribution is -0.141. The maximum absolute atomic E-state index is 12.3. The van der Waals surface area contributed by atoms with E-state index in [9.17, 15) is 14.4 Å².